The fourth-order valence-corrected chi connectivity index (χ4v) is 2.59. The lowest BCUT2D eigenvalue weighted by Gasteiger charge is -2.22. The minimum atomic E-state index is -0.295. The third-order valence-corrected chi connectivity index (χ3v) is 3.80. The molecule has 1 aromatic rings. The number of hydrogen-bond acceptors (Lipinski definition) is 4. The summed E-state index contributed by atoms with van der Waals surface area (Å²) in [5.74, 6) is -0.553. The van der Waals surface area contributed by atoms with Crippen LogP contribution in [0.2, 0.25) is 0 Å². The number of carbonyl (C=O) groups excluding carboxylic acids is 2. The molecule has 1 atom stereocenters. The van der Waals surface area contributed by atoms with E-state index in [0.29, 0.717) is 13.0 Å². The first-order valence-corrected chi connectivity index (χ1v) is 7.60. The molecule has 1 unspecified atom stereocenters. The maximum Gasteiger partial charge on any atom is 0.253 e. The SMILES string of the molecule is O=C1C=CCCN1C(=O)/C=C/c1cnn(C2CCCCO2)c1. The molecule has 0 spiro atoms. The van der Waals surface area contributed by atoms with Gasteiger partial charge in [0, 0.05) is 31.0 Å². The van der Waals surface area contributed by atoms with Crippen LogP contribution in [0.4, 0.5) is 0 Å². The van der Waals surface area contributed by atoms with E-state index >= 15 is 0 Å². The second-order valence-corrected chi connectivity index (χ2v) is 5.43. The number of rotatable bonds is 3. The van der Waals surface area contributed by atoms with Crippen LogP contribution in [0.1, 0.15) is 37.5 Å². The van der Waals surface area contributed by atoms with Crippen LogP contribution in [0.3, 0.4) is 0 Å². The lowest BCUT2D eigenvalue weighted by Crippen LogP contribution is -2.37. The monoisotopic (exact) mass is 301 g/mol. The molecule has 0 aliphatic carbocycles. The van der Waals surface area contributed by atoms with Crippen molar-refractivity contribution in [2.45, 2.75) is 31.9 Å². The van der Waals surface area contributed by atoms with Crippen LogP contribution in [0.5, 0.6) is 0 Å². The van der Waals surface area contributed by atoms with Gasteiger partial charge in [-0.05, 0) is 37.8 Å². The first kappa shape index (κ1) is 14.7. The normalized spacial score (nSPS) is 22.5. The van der Waals surface area contributed by atoms with E-state index in [2.05, 4.69) is 5.10 Å². The fraction of sp³-hybridized carbons (Fsp3) is 0.438. The molecule has 0 saturated carbocycles. The summed E-state index contributed by atoms with van der Waals surface area (Å²) in [5, 5.41) is 4.28. The molecular formula is C16H19N3O3. The summed E-state index contributed by atoms with van der Waals surface area (Å²) in [6.45, 7) is 1.20. The van der Waals surface area contributed by atoms with E-state index < -0.39 is 0 Å². The molecule has 6 nitrogen and oxygen atoms in total. The Balaban J connectivity index is 1.63. The summed E-state index contributed by atoms with van der Waals surface area (Å²) in [6, 6.07) is 0. The first-order chi connectivity index (χ1) is 10.7. The Hall–Kier alpha value is -2.21. The van der Waals surface area contributed by atoms with Crippen LogP contribution in [-0.2, 0) is 14.3 Å². The number of ether oxygens (including phenoxy) is 1. The average molecular weight is 301 g/mol. The van der Waals surface area contributed by atoms with Crippen molar-refractivity contribution in [3.8, 4) is 0 Å². The molecule has 6 heteroatoms. The summed E-state index contributed by atoms with van der Waals surface area (Å²) in [6.07, 6.45) is 13.8. The molecule has 22 heavy (non-hydrogen) atoms. The van der Waals surface area contributed by atoms with Gasteiger partial charge >= 0.3 is 0 Å². The summed E-state index contributed by atoms with van der Waals surface area (Å²) >= 11 is 0. The highest BCUT2D eigenvalue weighted by molar-refractivity contribution is 6.06. The van der Waals surface area contributed by atoms with Crippen molar-refractivity contribution in [1.82, 2.24) is 14.7 Å². The van der Waals surface area contributed by atoms with E-state index in [1.807, 2.05) is 6.20 Å². The van der Waals surface area contributed by atoms with Crippen molar-refractivity contribution in [2.75, 3.05) is 13.2 Å². The van der Waals surface area contributed by atoms with E-state index in [0.717, 1.165) is 31.4 Å². The van der Waals surface area contributed by atoms with Crippen LogP contribution < -0.4 is 0 Å². The Morgan fingerprint density at radius 2 is 2.32 bits per heavy atom. The van der Waals surface area contributed by atoms with Gasteiger partial charge in [-0.2, -0.15) is 5.10 Å². The minimum absolute atomic E-state index is 0.0135. The molecule has 2 amide bonds. The Morgan fingerprint density at radius 1 is 1.41 bits per heavy atom. The highest BCUT2D eigenvalue weighted by Crippen LogP contribution is 2.22. The van der Waals surface area contributed by atoms with Gasteiger partial charge in [0.1, 0.15) is 6.23 Å². The van der Waals surface area contributed by atoms with Gasteiger partial charge in [-0.25, -0.2) is 4.68 Å². The van der Waals surface area contributed by atoms with Gasteiger partial charge in [-0.15, -0.1) is 0 Å². The second kappa shape index (κ2) is 6.70. The molecule has 0 radical (unpaired) electrons. The van der Waals surface area contributed by atoms with Crippen LogP contribution >= 0.6 is 0 Å². The molecule has 1 aromatic heterocycles. The minimum Gasteiger partial charge on any atom is -0.357 e. The standard InChI is InChI=1S/C16H19N3O3/c20-14-5-1-3-9-18(14)15(21)8-7-13-11-17-19(12-13)16-6-2-4-10-22-16/h1,5,7-8,11-12,16H,2-4,6,9-10H2/b8-7+. The van der Waals surface area contributed by atoms with Crippen LogP contribution in [-0.4, -0.2) is 39.6 Å². The van der Waals surface area contributed by atoms with Crippen molar-refractivity contribution in [2.24, 2.45) is 0 Å². The van der Waals surface area contributed by atoms with Crippen molar-refractivity contribution in [3.05, 3.63) is 36.2 Å². The average Bonchev–Trinajstić information content (AvgIpc) is 3.03. The molecule has 1 fully saturated rings. The topological polar surface area (TPSA) is 64.4 Å². The van der Waals surface area contributed by atoms with E-state index in [9.17, 15) is 9.59 Å². The Morgan fingerprint density at radius 3 is 3.09 bits per heavy atom. The molecular weight excluding hydrogens is 282 g/mol. The zero-order valence-corrected chi connectivity index (χ0v) is 12.4. The van der Waals surface area contributed by atoms with Gasteiger partial charge in [-0.3, -0.25) is 14.5 Å². The van der Waals surface area contributed by atoms with Crippen LogP contribution in [0.15, 0.2) is 30.6 Å². The lowest BCUT2D eigenvalue weighted by molar-refractivity contribution is -0.139. The molecule has 0 bridgehead atoms. The molecule has 0 N–H and O–H groups in total. The highest BCUT2D eigenvalue weighted by atomic mass is 16.5. The molecule has 3 rings (SSSR count). The number of aromatic nitrogens is 2. The Bertz CT molecular complexity index is 612. The van der Waals surface area contributed by atoms with Crippen molar-refractivity contribution < 1.29 is 14.3 Å². The Labute approximate surface area is 129 Å². The number of carbonyl (C=O) groups is 2. The first-order valence-electron chi connectivity index (χ1n) is 7.60. The zero-order chi connectivity index (χ0) is 15.4. The second-order valence-electron chi connectivity index (χ2n) is 5.43. The maximum atomic E-state index is 12.0. The molecule has 2 aliphatic heterocycles. The summed E-state index contributed by atoms with van der Waals surface area (Å²) in [4.78, 5) is 24.9. The van der Waals surface area contributed by atoms with Crippen LogP contribution in [0, 0.1) is 0 Å². The van der Waals surface area contributed by atoms with Crippen molar-refractivity contribution >= 4 is 17.9 Å². The molecule has 0 aromatic carbocycles. The number of amides is 2. The van der Waals surface area contributed by atoms with Gasteiger partial charge in [0.2, 0.25) is 0 Å². The van der Waals surface area contributed by atoms with E-state index in [1.165, 1.54) is 17.1 Å². The maximum absolute atomic E-state index is 12.0. The van der Waals surface area contributed by atoms with Gasteiger partial charge in [0.05, 0.1) is 6.20 Å². The van der Waals surface area contributed by atoms with Gasteiger partial charge in [0.25, 0.3) is 11.8 Å². The number of hydrogen-bond donors (Lipinski definition) is 0. The van der Waals surface area contributed by atoms with Crippen LogP contribution in [0.25, 0.3) is 6.08 Å². The highest BCUT2D eigenvalue weighted by Gasteiger charge is 2.19. The predicted molar refractivity (Wildman–Crippen MR) is 80.6 cm³/mol. The van der Waals surface area contributed by atoms with Crippen molar-refractivity contribution in [3.63, 3.8) is 0 Å². The van der Waals surface area contributed by atoms with E-state index in [-0.39, 0.29) is 18.0 Å². The number of nitrogens with zero attached hydrogens (tertiary/aromatic N) is 3. The number of imide groups is 1. The zero-order valence-electron chi connectivity index (χ0n) is 12.4. The molecule has 116 valence electrons. The smallest absolute Gasteiger partial charge is 0.253 e. The fourth-order valence-electron chi connectivity index (χ4n) is 2.59. The lowest BCUT2D eigenvalue weighted by atomic mass is 10.2. The summed E-state index contributed by atoms with van der Waals surface area (Å²) in [5.41, 5.74) is 0.822. The van der Waals surface area contributed by atoms with E-state index in [1.54, 1.807) is 23.0 Å². The summed E-state index contributed by atoms with van der Waals surface area (Å²) < 4.78 is 7.45. The summed E-state index contributed by atoms with van der Waals surface area (Å²) in [7, 11) is 0. The molecule has 2 aliphatic rings. The molecule has 3 heterocycles. The molecule has 1 saturated heterocycles. The largest absolute Gasteiger partial charge is 0.357 e. The van der Waals surface area contributed by atoms with Crippen molar-refractivity contribution in [1.29, 1.82) is 0 Å². The third kappa shape index (κ3) is 3.33. The quantitative estimate of drug-likeness (QED) is 0.800. The predicted octanol–water partition coefficient (Wildman–Crippen LogP) is 1.91. The van der Waals surface area contributed by atoms with E-state index in [4.69, 9.17) is 4.74 Å². The van der Waals surface area contributed by atoms with Gasteiger partial charge in [-0.1, -0.05) is 6.08 Å². The third-order valence-electron chi connectivity index (χ3n) is 3.80. The van der Waals surface area contributed by atoms with Gasteiger partial charge in [0.15, 0.2) is 0 Å². The Kier molecular flexibility index (Phi) is 4.48. The van der Waals surface area contributed by atoms with Gasteiger partial charge < -0.3 is 4.74 Å².